The molecule has 170 valence electrons. The number of carbonyl (C=O) groups excluding carboxylic acids is 1. The Kier molecular flexibility index (Phi) is 6.20. The number of aliphatic hydroxyl groups is 2. The predicted molar refractivity (Wildman–Crippen MR) is 112 cm³/mol. The van der Waals surface area contributed by atoms with Crippen molar-refractivity contribution >= 4 is 36.3 Å². The largest absolute Gasteiger partial charge is 0.387 e. The van der Waals surface area contributed by atoms with Gasteiger partial charge in [-0.3, -0.25) is 14.4 Å². The third kappa shape index (κ3) is 4.78. The molecule has 0 radical (unpaired) electrons. The molecule has 3 heterocycles. The van der Waals surface area contributed by atoms with Crippen LogP contribution in [0.2, 0.25) is 0 Å². The van der Waals surface area contributed by atoms with Crippen LogP contribution >= 0.6 is 7.60 Å². The number of nitrogens with zero attached hydrogens (tertiary/aromatic N) is 4. The summed E-state index contributed by atoms with van der Waals surface area (Å²) in [6.45, 7) is 0.609. The van der Waals surface area contributed by atoms with Gasteiger partial charge in [0.15, 0.2) is 23.2 Å². The summed E-state index contributed by atoms with van der Waals surface area (Å²) >= 11 is 0. The second kappa shape index (κ2) is 8.90. The maximum atomic E-state index is 12.3. The van der Waals surface area contributed by atoms with Gasteiger partial charge in [-0.1, -0.05) is 18.2 Å². The maximum Gasteiger partial charge on any atom is 0.325 e. The Bertz CT molecular complexity index is 1150. The topological polar surface area (TPSA) is 181 Å². The third-order valence-corrected chi connectivity index (χ3v) is 5.34. The van der Waals surface area contributed by atoms with Crippen molar-refractivity contribution in [3.8, 4) is 0 Å². The van der Waals surface area contributed by atoms with E-state index in [2.05, 4.69) is 25.6 Å². The smallest absolute Gasteiger partial charge is 0.325 e. The van der Waals surface area contributed by atoms with Crippen LogP contribution in [0.3, 0.4) is 0 Å². The SMILES string of the molecule is CP(=O)(O)OC[C@H]1O[C@@H](n2cnc3c(NC(=O)Nc4ccccc4)ncnc32)[C@@H](O)C1O. The molecule has 0 spiro atoms. The van der Waals surface area contributed by atoms with Gasteiger partial charge in [0.2, 0.25) is 0 Å². The molecular formula is C18H21N6O7P. The summed E-state index contributed by atoms with van der Waals surface area (Å²) in [7, 11) is -3.79. The van der Waals surface area contributed by atoms with Gasteiger partial charge in [-0.2, -0.15) is 0 Å². The molecule has 14 heteroatoms. The molecule has 2 aromatic heterocycles. The zero-order chi connectivity index (χ0) is 22.9. The Morgan fingerprint density at radius 2 is 1.94 bits per heavy atom. The summed E-state index contributed by atoms with van der Waals surface area (Å²) in [5.41, 5.74) is 1.05. The number of ether oxygens (including phenoxy) is 1. The van der Waals surface area contributed by atoms with Crippen molar-refractivity contribution in [1.82, 2.24) is 19.5 Å². The first-order valence-corrected chi connectivity index (χ1v) is 11.5. The van der Waals surface area contributed by atoms with E-state index >= 15 is 0 Å². The van der Waals surface area contributed by atoms with E-state index in [-0.39, 0.29) is 17.0 Å². The average molecular weight is 464 g/mol. The molecular weight excluding hydrogens is 443 g/mol. The zero-order valence-corrected chi connectivity index (χ0v) is 17.7. The number of hydrogen-bond acceptors (Lipinski definition) is 9. The van der Waals surface area contributed by atoms with Gasteiger partial charge in [0.25, 0.3) is 0 Å². The molecule has 5 N–H and O–H groups in total. The van der Waals surface area contributed by atoms with Gasteiger partial charge in [0, 0.05) is 12.4 Å². The number of amides is 2. The Hall–Kier alpha value is -2.93. The lowest BCUT2D eigenvalue weighted by atomic mass is 10.1. The van der Waals surface area contributed by atoms with Crippen LogP contribution in [-0.2, 0) is 13.8 Å². The molecule has 1 aliphatic rings. The summed E-state index contributed by atoms with van der Waals surface area (Å²) in [5.74, 6) is 0.127. The summed E-state index contributed by atoms with van der Waals surface area (Å²) in [5, 5.41) is 25.9. The average Bonchev–Trinajstić information content (AvgIpc) is 3.29. The molecule has 5 atom stereocenters. The fourth-order valence-electron chi connectivity index (χ4n) is 3.23. The van der Waals surface area contributed by atoms with Gasteiger partial charge in [-0.15, -0.1) is 0 Å². The van der Waals surface area contributed by atoms with Crippen molar-refractivity contribution in [3.05, 3.63) is 43.0 Å². The molecule has 0 saturated carbocycles. The van der Waals surface area contributed by atoms with Crippen molar-refractivity contribution in [3.63, 3.8) is 0 Å². The van der Waals surface area contributed by atoms with Crippen LogP contribution in [0.15, 0.2) is 43.0 Å². The number of imidazole rings is 1. The number of anilines is 2. The minimum absolute atomic E-state index is 0.127. The quantitative estimate of drug-likeness (QED) is 0.329. The lowest BCUT2D eigenvalue weighted by Crippen LogP contribution is -2.33. The normalized spacial score (nSPS) is 24.9. The maximum absolute atomic E-state index is 12.3. The molecule has 4 rings (SSSR count). The lowest BCUT2D eigenvalue weighted by Gasteiger charge is -2.16. The molecule has 0 bridgehead atoms. The van der Waals surface area contributed by atoms with Gasteiger partial charge < -0.3 is 29.7 Å². The van der Waals surface area contributed by atoms with E-state index in [9.17, 15) is 24.5 Å². The van der Waals surface area contributed by atoms with Crippen molar-refractivity contribution in [2.24, 2.45) is 0 Å². The molecule has 1 saturated heterocycles. The van der Waals surface area contributed by atoms with Gasteiger partial charge in [-0.05, 0) is 12.1 Å². The summed E-state index contributed by atoms with van der Waals surface area (Å²) in [6, 6.07) is 8.29. The highest BCUT2D eigenvalue weighted by molar-refractivity contribution is 7.51. The van der Waals surface area contributed by atoms with Gasteiger partial charge in [-0.25, -0.2) is 19.7 Å². The number of aromatic nitrogens is 4. The Labute approximate surface area is 181 Å². The van der Waals surface area contributed by atoms with Crippen molar-refractivity contribution in [2.75, 3.05) is 23.9 Å². The molecule has 32 heavy (non-hydrogen) atoms. The van der Waals surface area contributed by atoms with Crippen molar-refractivity contribution in [2.45, 2.75) is 24.5 Å². The highest BCUT2D eigenvalue weighted by Gasteiger charge is 2.45. The highest BCUT2D eigenvalue weighted by atomic mass is 31.2. The van der Waals surface area contributed by atoms with Crippen molar-refractivity contribution < 1.29 is 33.7 Å². The minimum atomic E-state index is -3.79. The number of nitrogens with one attached hydrogen (secondary N) is 2. The molecule has 13 nitrogen and oxygen atoms in total. The highest BCUT2D eigenvalue weighted by Crippen LogP contribution is 2.39. The first-order chi connectivity index (χ1) is 15.2. The van der Waals surface area contributed by atoms with Gasteiger partial charge in [0.1, 0.15) is 24.6 Å². The number of fused-ring (bicyclic) bond motifs is 1. The standard InChI is InChI=1S/C18H21N6O7P/c1-32(28,29)30-7-11-13(25)14(26)17(31-11)24-9-21-12-15(19-8-20-16(12)24)23-18(27)22-10-5-3-2-4-6-10/h2-6,8-9,11,13-14,17,25-26H,7H2,1H3,(H,28,29)(H2,19,20,22,23,27)/t11-,13?,14+,17-/m1/s1. The third-order valence-electron chi connectivity index (χ3n) is 4.71. The monoisotopic (exact) mass is 464 g/mol. The van der Waals surface area contributed by atoms with Crippen LogP contribution in [-0.4, -0.2) is 72.2 Å². The number of benzene rings is 1. The first kappa shape index (κ1) is 22.3. The second-order valence-electron chi connectivity index (χ2n) is 7.14. The Morgan fingerprint density at radius 3 is 2.66 bits per heavy atom. The van der Waals surface area contributed by atoms with Crippen molar-refractivity contribution in [1.29, 1.82) is 0 Å². The van der Waals surface area contributed by atoms with E-state index in [0.29, 0.717) is 5.69 Å². The zero-order valence-electron chi connectivity index (χ0n) is 16.8. The van der Waals surface area contributed by atoms with Crippen LogP contribution in [0.4, 0.5) is 16.3 Å². The minimum Gasteiger partial charge on any atom is -0.387 e. The van der Waals surface area contributed by atoms with E-state index in [4.69, 9.17) is 9.26 Å². The molecule has 1 aromatic carbocycles. The summed E-state index contributed by atoms with van der Waals surface area (Å²) in [4.78, 5) is 34.0. The Morgan fingerprint density at radius 1 is 1.19 bits per heavy atom. The van der Waals surface area contributed by atoms with E-state index < -0.39 is 44.8 Å². The van der Waals surface area contributed by atoms with E-state index in [0.717, 1.165) is 6.66 Å². The number of rotatable bonds is 6. The molecule has 3 aromatic rings. The van der Waals surface area contributed by atoms with Gasteiger partial charge >= 0.3 is 13.6 Å². The number of urea groups is 1. The molecule has 2 unspecified atom stereocenters. The van der Waals surface area contributed by atoms with Crippen LogP contribution < -0.4 is 10.6 Å². The first-order valence-electron chi connectivity index (χ1n) is 9.50. The van der Waals surface area contributed by atoms with E-state index in [1.807, 2.05) is 6.07 Å². The fraction of sp³-hybridized carbons (Fsp3) is 0.333. The van der Waals surface area contributed by atoms with Gasteiger partial charge in [0.05, 0.1) is 12.9 Å². The second-order valence-corrected chi connectivity index (χ2v) is 9.00. The number of carbonyl (C=O) groups is 1. The summed E-state index contributed by atoms with van der Waals surface area (Å²) < 4.78 is 23.2. The number of hydrogen-bond donors (Lipinski definition) is 5. The molecule has 1 aliphatic heterocycles. The number of para-hydroxylation sites is 1. The van der Waals surface area contributed by atoms with Crippen LogP contribution in [0.5, 0.6) is 0 Å². The van der Waals surface area contributed by atoms with E-state index in [1.54, 1.807) is 24.3 Å². The Balaban J connectivity index is 1.52. The molecule has 2 amide bonds. The molecule has 0 aliphatic carbocycles. The predicted octanol–water partition coefficient (Wildman–Crippen LogP) is 0.921. The fourth-order valence-corrected chi connectivity index (χ4v) is 3.65. The van der Waals surface area contributed by atoms with E-state index in [1.165, 1.54) is 17.2 Å². The lowest BCUT2D eigenvalue weighted by molar-refractivity contribution is -0.0483. The summed E-state index contributed by atoms with van der Waals surface area (Å²) in [6.07, 6.45) is -2.39. The number of aliphatic hydroxyl groups excluding tert-OH is 2. The molecule has 1 fully saturated rings. The van der Waals surface area contributed by atoms with Crippen LogP contribution in [0.1, 0.15) is 6.23 Å². The van der Waals surface area contributed by atoms with Crippen LogP contribution in [0, 0.1) is 0 Å². The van der Waals surface area contributed by atoms with Crippen LogP contribution in [0.25, 0.3) is 11.2 Å².